The lowest BCUT2D eigenvalue weighted by Gasteiger charge is -2.15. The Hall–Kier alpha value is -11.3. The maximum absolute atomic E-state index is 5.27. The van der Waals surface area contributed by atoms with Gasteiger partial charge in [0.15, 0.2) is 34.9 Å². The highest BCUT2D eigenvalue weighted by Crippen LogP contribution is 2.43. The van der Waals surface area contributed by atoms with Gasteiger partial charge in [0.1, 0.15) is 0 Å². The van der Waals surface area contributed by atoms with E-state index in [1.54, 1.807) is 0 Å². The van der Waals surface area contributed by atoms with Crippen LogP contribution in [-0.4, -0.2) is 53.6 Å². The topological polar surface area (TPSA) is 118 Å². The molecule has 0 aliphatic rings. The number of rotatable bonds is 9. The smallest absolute Gasteiger partial charge is 0.234 e. The lowest BCUT2D eigenvalue weighted by atomic mass is 10.1. The molecule has 81 heavy (non-hydrogen) atoms. The molecular weight excluding hydrogens is 995 g/mol. The van der Waals surface area contributed by atoms with Crippen molar-refractivity contribution in [3.05, 3.63) is 261 Å². The highest BCUT2D eigenvalue weighted by atomic mass is 15.2. The molecule has 10 aromatic carbocycles. The van der Waals surface area contributed by atoms with Crippen molar-refractivity contribution >= 4 is 65.4 Å². The second kappa shape index (κ2) is 18.7. The van der Waals surface area contributed by atoms with Gasteiger partial charge in [-0.1, -0.05) is 200 Å². The van der Waals surface area contributed by atoms with Gasteiger partial charge in [-0.3, -0.25) is 4.57 Å². The van der Waals surface area contributed by atoms with Gasteiger partial charge in [-0.2, -0.15) is 0 Å². The van der Waals surface area contributed by atoms with Gasteiger partial charge < -0.3 is 9.13 Å². The van der Waals surface area contributed by atoms with E-state index in [0.717, 1.165) is 99.4 Å². The summed E-state index contributed by atoms with van der Waals surface area (Å²) >= 11 is 0. The summed E-state index contributed by atoms with van der Waals surface area (Å²) in [5.74, 6) is 3.79. The van der Waals surface area contributed by atoms with Gasteiger partial charge in [-0.05, 0) is 48.5 Å². The van der Waals surface area contributed by atoms with Crippen LogP contribution in [0.2, 0.25) is 0 Å². The molecule has 0 aliphatic heterocycles. The Bertz CT molecular complexity index is 4780. The average molecular weight is 1040 g/mol. The summed E-state index contributed by atoms with van der Waals surface area (Å²) in [4.78, 5) is 41.7. The Morgan fingerprint density at radius 3 is 1.00 bits per heavy atom. The zero-order valence-electron chi connectivity index (χ0n) is 43.2. The maximum atomic E-state index is 5.27. The predicted octanol–water partition coefficient (Wildman–Crippen LogP) is 16.1. The van der Waals surface area contributed by atoms with E-state index in [-0.39, 0.29) is 0 Å². The predicted molar refractivity (Wildman–Crippen MR) is 324 cm³/mol. The summed E-state index contributed by atoms with van der Waals surface area (Å²) in [5, 5.41) is 6.66. The van der Waals surface area contributed by atoms with Crippen LogP contribution < -0.4 is 0 Å². The van der Waals surface area contributed by atoms with Gasteiger partial charge in [-0.15, -0.1) is 0 Å². The van der Waals surface area contributed by atoms with Crippen molar-refractivity contribution in [2.75, 3.05) is 0 Å². The first kappa shape index (κ1) is 45.9. The standard InChI is InChI=1S/C70H43N11/c1-5-21-44(22-6-1)64-73-65(45-23-7-2-8-24-45)76-68(75-64)48-39-49(69-77-66(46-25-9-3-10-26-46)74-67(78-69)47-27-11-4-12-28-47)41-50(40-48)79-60-36-20-16-32-56(60)62-61(79)38-37-55-54-31-15-19-35-59(54)81(63(55)62)70-71-42-51(43-72-70)80-57-33-17-13-29-52(57)53-30-14-18-34-58(53)80/h1-43H. The summed E-state index contributed by atoms with van der Waals surface area (Å²) in [7, 11) is 0. The molecule has 0 radical (unpaired) electrons. The number of para-hydroxylation sites is 4. The molecule has 11 heteroatoms. The lowest BCUT2D eigenvalue weighted by Crippen LogP contribution is -2.04. The third-order valence-electron chi connectivity index (χ3n) is 15.2. The molecule has 0 bridgehead atoms. The molecule has 0 fully saturated rings. The molecule has 0 N–H and O–H groups in total. The molecule has 16 rings (SSSR count). The van der Waals surface area contributed by atoms with E-state index in [0.29, 0.717) is 40.9 Å². The lowest BCUT2D eigenvalue weighted by molar-refractivity contribution is 0.969. The Morgan fingerprint density at radius 2 is 0.568 bits per heavy atom. The third kappa shape index (κ3) is 7.66. The molecule has 0 spiro atoms. The first-order valence-electron chi connectivity index (χ1n) is 26.8. The highest BCUT2D eigenvalue weighted by Gasteiger charge is 2.24. The Kier molecular flexibility index (Phi) is 10.6. The first-order valence-corrected chi connectivity index (χ1v) is 26.8. The fourth-order valence-corrected chi connectivity index (χ4v) is 11.6. The van der Waals surface area contributed by atoms with Crippen molar-refractivity contribution in [3.63, 3.8) is 0 Å². The van der Waals surface area contributed by atoms with Crippen LogP contribution in [0.4, 0.5) is 0 Å². The van der Waals surface area contributed by atoms with Crippen molar-refractivity contribution in [2.45, 2.75) is 0 Å². The van der Waals surface area contributed by atoms with Gasteiger partial charge >= 0.3 is 0 Å². The molecule has 11 nitrogen and oxygen atoms in total. The molecule has 0 unspecified atom stereocenters. The summed E-state index contributed by atoms with van der Waals surface area (Å²) in [6, 6.07) is 85.2. The normalized spacial score (nSPS) is 11.7. The van der Waals surface area contributed by atoms with Gasteiger partial charge in [0.25, 0.3) is 0 Å². The van der Waals surface area contributed by atoms with Crippen molar-refractivity contribution < 1.29 is 0 Å². The van der Waals surface area contributed by atoms with Crippen LogP contribution in [0.25, 0.3) is 151 Å². The number of aromatic nitrogens is 11. The van der Waals surface area contributed by atoms with Crippen molar-refractivity contribution in [1.82, 2.24) is 53.6 Å². The van der Waals surface area contributed by atoms with Crippen LogP contribution >= 0.6 is 0 Å². The van der Waals surface area contributed by atoms with Crippen molar-refractivity contribution in [1.29, 1.82) is 0 Å². The zero-order chi connectivity index (χ0) is 53.4. The summed E-state index contributed by atoms with van der Waals surface area (Å²) < 4.78 is 6.81. The minimum absolute atomic E-state index is 0.496. The third-order valence-corrected chi connectivity index (χ3v) is 15.2. The van der Waals surface area contributed by atoms with Crippen LogP contribution in [0, 0.1) is 0 Å². The van der Waals surface area contributed by atoms with E-state index < -0.39 is 0 Å². The van der Waals surface area contributed by atoms with Crippen molar-refractivity contribution in [2.24, 2.45) is 0 Å². The quantitative estimate of drug-likeness (QED) is 0.140. The molecule has 0 saturated carbocycles. The molecule has 0 saturated heterocycles. The monoisotopic (exact) mass is 1040 g/mol. The fraction of sp³-hybridized carbons (Fsp3) is 0. The minimum Gasteiger partial charge on any atom is -0.309 e. The van der Waals surface area contributed by atoms with Gasteiger partial charge in [0, 0.05) is 71.4 Å². The summed E-state index contributed by atoms with van der Waals surface area (Å²) in [5.41, 5.74) is 12.9. The van der Waals surface area contributed by atoms with E-state index in [1.807, 2.05) is 134 Å². The second-order valence-electron chi connectivity index (χ2n) is 20.0. The van der Waals surface area contributed by atoms with E-state index in [1.165, 1.54) is 10.8 Å². The Labute approximate surface area is 463 Å². The van der Waals surface area contributed by atoms with Crippen LogP contribution in [0.5, 0.6) is 0 Å². The van der Waals surface area contributed by atoms with E-state index in [4.69, 9.17) is 39.9 Å². The highest BCUT2D eigenvalue weighted by molar-refractivity contribution is 6.26. The van der Waals surface area contributed by atoms with E-state index in [9.17, 15) is 0 Å². The van der Waals surface area contributed by atoms with Crippen LogP contribution in [0.1, 0.15) is 0 Å². The number of hydrogen-bond donors (Lipinski definition) is 0. The second-order valence-corrected chi connectivity index (χ2v) is 20.0. The largest absolute Gasteiger partial charge is 0.309 e. The Balaban J connectivity index is 0.956. The minimum atomic E-state index is 0.496. The number of fused-ring (bicyclic) bond motifs is 10. The van der Waals surface area contributed by atoms with Crippen molar-refractivity contribution in [3.8, 4) is 85.7 Å². The molecule has 378 valence electrons. The average Bonchev–Trinajstić information content (AvgIpc) is 2.98. The molecule has 0 atom stereocenters. The number of hydrogen-bond acceptors (Lipinski definition) is 8. The van der Waals surface area contributed by atoms with Crippen LogP contribution in [0.15, 0.2) is 261 Å². The molecule has 6 heterocycles. The molecule has 6 aromatic heterocycles. The van der Waals surface area contributed by atoms with Gasteiger partial charge in [-0.25, -0.2) is 39.9 Å². The molecule has 0 aliphatic carbocycles. The molecule has 0 amide bonds. The van der Waals surface area contributed by atoms with Crippen LogP contribution in [0.3, 0.4) is 0 Å². The fourth-order valence-electron chi connectivity index (χ4n) is 11.6. The number of benzene rings is 10. The van der Waals surface area contributed by atoms with Crippen LogP contribution in [-0.2, 0) is 0 Å². The number of nitrogens with zero attached hydrogens (tertiary/aromatic N) is 11. The molecule has 16 aromatic rings. The van der Waals surface area contributed by atoms with E-state index >= 15 is 0 Å². The van der Waals surface area contributed by atoms with Gasteiger partial charge in [0.2, 0.25) is 5.95 Å². The first-order chi connectivity index (χ1) is 40.2. The van der Waals surface area contributed by atoms with E-state index in [2.05, 4.69) is 141 Å². The molecular formula is C70H43N11. The zero-order valence-corrected chi connectivity index (χ0v) is 43.2. The SMILES string of the molecule is c1ccc(-c2nc(-c3ccccc3)nc(-c3cc(-c4nc(-c5ccccc5)nc(-c5ccccc5)n4)cc(-n4c5ccccc5c5c4ccc4c6ccccc6n(-c6ncc(-n7c8ccccc8c8ccccc87)cn6)c45)c3)n2)cc1. The maximum Gasteiger partial charge on any atom is 0.234 e. The summed E-state index contributed by atoms with van der Waals surface area (Å²) in [6.07, 6.45) is 3.89. The summed E-state index contributed by atoms with van der Waals surface area (Å²) in [6.45, 7) is 0. The van der Waals surface area contributed by atoms with Gasteiger partial charge in [0.05, 0.1) is 51.2 Å². The Morgan fingerprint density at radius 1 is 0.235 bits per heavy atom.